The van der Waals surface area contributed by atoms with E-state index < -0.39 is 0 Å². The third kappa shape index (κ3) is 5.48. The van der Waals surface area contributed by atoms with Crippen LogP contribution in [0.3, 0.4) is 0 Å². The fourth-order valence-corrected chi connectivity index (χ4v) is 3.82. The first-order valence-corrected chi connectivity index (χ1v) is 9.29. The Morgan fingerprint density at radius 3 is 2.27 bits per heavy atom. The lowest BCUT2D eigenvalue weighted by molar-refractivity contribution is 0.302. The first-order valence-electron chi connectivity index (χ1n) is 9.29. The van der Waals surface area contributed by atoms with Gasteiger partial charge in [-0.05, 0) is 48.6 Å². The molecule has 0 aliphatic heterocycles. The van der Waals surface area contributed by atoms with E-state index in [1.165, 1.54) is 69.8 Å². The number of nitriles is 1. The van der Waals surface area contributed by atoms with E-state index in [0.29, 0.717) is 6.42 Å². The highest BCUT2D eigenvalue weighted by Gasteiger charge is 2.21. The normalized spacial score (nSPS) is 21.5. The van der Waals surface area contributed by atoms with Crippen molar-refractivity contribution in [3.63, 3.8) is 0 Å². The largest absolute Gasteiger partial charge is 0.198 e. The minimum atomic E-state index is 0.533. The number of rotatable bonds is 8. The number of hydrogen-bond donors (Lipinski definition) is 0. The molecule has 1 aliphatic rings. The van der Waals surface area contributed by atoms with E-state index >= 15 is 0 Å². The van der Waals surface area contributed by atoms with Gasteiger partial charge < -0.3 is 0 Å². The zero-order valence-corrected chi connectivity index (χ0v) is 14.2. The van der Waals surface area contributed by atoms with Crippen molar-refractivity contribution in [1.29, 1.82) is 5.26 Å². The van der Waals surface area contributed by atoms with Crippen LogP contribution in [0.25, 0.3) is 0 Å². The van der Waals surface area contributed by atoms with Gasteiger partial charge in [0.1, 0.15) is 0 Å². The molecular weight excluding hydrogens is 266 g/mol. The lowest BCUT2D eigenvalue weighted by Crippen LogP contribution is -2.13. The highest BCUT2D eigenvalue weighted by atomic mass is 14.3. The fraction of sp³-hybridized carbons (Fsp3) is 0.667. The molecule has 0 radical (unpaired) electrons. The van der Waals surface area contributed by atoms with Crippen molar-refractivity contribution in [3.8, 4) is 6.07 Å². The Bertz CT molecular complexity index is 446. The van der Waals surface area contributed by atoms with E-state index in [0.717, 1.165) is 17.4 Å². The van der Waals surface area contributed by atoms with Crippen molar-refractivity contribution in [2.45, 2.75) is 83.5 Å². The van der Waals surface area contributed by atoms with E-state index in [4.69, 9.17) is 5.26 Å². The van der Waals surface area contributed by atoms with Crippen LogP contribution < -0.4 is 0 Å². The Kier molecular flexibility index (Phi) is 7.50. The summed E-state index contributed by atoms with van der Waals surface area (Å²) in [6.07, 6.45) is 14.6. The van der Waals surface area contributed by atoms with Crippen molar-refractivity contribution in [2.75, 3.05) is 0 Å². The second-order valence-corrected chi connectivity index (χ2v) is 7.00. The van der Waals surface area contributed by atoms with Crippen molar-refractivity contribution in [3.05, 3.63) is 35.4 Å². The standard InChI is InChI=1S/C21H31N/c1-2-3-4-5-6-7-18-8-12-20(13-9-18)21-14-10-19(11-15-21)16-17-22/h10-11,14-15,18,20H,2-9,12-13,16H2,1H3/t18-,20-. The van der Waals surface area contributed by atoms with Crippen LogP contribution in [0.5, 0.6) is 0 Å². The number of unbranched alkanes of at least 4 members (excludes halogenated alkanes) is 4. The molecule has 1 fully saturated rings. The van der Waals surface area contributed by atoms with Crippen LogP contribution in [0.4, 0.5) is 0 Å². The van der Waals surface area contributed by atoms with Gasteiger partial charge in [0.15, 0.2) is 0 Å². The summed E-state index contributed by atoms with van der Waals surface area (Å²) in [5.41, 5.74) is 2.63. The van der Waals surface area contributed by atoms with Crippen molar-refractivity contribution in [1.82, 2.24) is 0 Å². The van der Waals surface area contributed by atoms with E-state index in [-0.39, 0.29) is 0 Å². The lowest BCUT2D eigenvalue weighted by Gasteiger charge is -2.29. The maximum atomic E-state index is 8.74. The minimum absolute atomic E-state index is 0.533. The fourth-order valence-electron chi connectivity index (χ4n) is 3.82. The molecule has 0 atom stereocenters. The smallest absolute Gasteiger partial charge is 0.0669 e. The summed E-state index contributed by atoms with van der Waals surface area (Å²) >= 11 is 0. The summed E-state index contributed by atoms with van der Waals surface area (Å²) in [5.74, 6) is 1.74. The van der Waals surface area contributed by atoms with Gasteiger partial charge in [-0.1, -0.05) is 69.7 Å². The van der Waals surface area contributed by atoms with Gasteiger partial charge in [-0.25, -0.2) is 0 Å². The molecule has 0 N–H and O–H groups in total. The van der Waals surface area contributed by atoms with E-state index in [1.54, 1.807) is 0 Å². The Morgan fingerprint density at radius 1 is 0.955 bits per heavy atom. The second-order valence-electron chi connectivity index (χ2n) is 7.00. The predicted octanol–water partition coefficient (Wildman–Crippen LogP) is 6.39. The quantitative estimate of drug-likeness (QED) is 0.510. The van der Waals surface area contributed by atoms with Gasteiger partial charge in [0.2, 0.25) is 0 Å². The molecular formula is C21H31N. The molecule has 1 aromatic carbocycles. The minimum Gasteiger partial charge on any atom is -0.198 e. The lowest BCUT2D eigenvalue weighted by atomic mass is 9.77. The summed E-state index contributed by atoms with van der Waals surface area (Å²) in [5, 5.41) is 8.74. The molecule has 1 aliphatic carbocycles. The van der Waals surface area contributed by atoms with Crippen LogP contribution in [0.2, 0.25) is 0 Å². The average Bonchev–Trinajstić information content (AvgIpc) is 2.56. The Balaban J connectivity index is 1.69. The maximum absolute atomic E-state index is 8.74. The van der Waals surface area contributed by atoms with E-state index in [1.807, 2.05) is 0 Å². The molecule has 1 heteroatoms. The third-order valence-electron chi connectivity index (χ3n) is 5.30. The van der Waals surface area contributed by atoms with Crippen LogP contribution in [0.15, 0.2) is 24.3 Å². The summed E-state index contributed by atoms with van der Waals surface area (Å²) in [6.45, 7) is 2.29. The molecule has 1 nitrogen and oxygen atoms in total. The summed E-state index contributed by atoms with van der Waals surface area (Å²) in [6, 6.07) is 11.0. The summed E-state index contributed by atoms with van der Waals surface area (Å²) in [4.78, 5) is 0. The van der Waals surface area contributed by atoms with Crippen LogP contribution in [0.1, 0.15) is 88.2 Å². The molecule has 0 bridgehead atoms. The number of nitrogens with zero attached hydrogens (tertiary/aromatic N) is 1. The van der Waals surface area contributed by atoms with Crippen LogP contribution in [-0.2, 0) is 6.42 Å². The van der Waals surface area contributed by atoms with Crippen LogP contribution in [0, 0.1) is 17.2 Å². The van der Waals surface area contributed by atoms with Gasteiger partial charge in [-0.3, -0.25) is 0 Å². The van der Waals surface area contributed by atoms with E-state index in [2.05, 4.69) is 37.3 Å². The topological polar surface area (TPSA) is 23.8 Å². The van der Waals surface area contributed by atoms with Gasteiger partial charge in [-0.15, -0.1) is 0 Å². The zero-order valence-electron chi connectivity index (χ0n) is 14.2. The molecule has 0 saturated heterocycles. The second kappa shape index (κ2) is 9.67. The molecule has 2 rings (SSSR count). The van der Waals surface area contributed by atoms with Gasteiger partial charge >= 0.3 is 0 Å². The Hall–Kier alpha value is -1.29. The SMILES string of the molecule is CCCCCCC[C@H]1CC[C@H](c2ccc(CC#N)cc2)CC1. The molecule has 0 unspecified atom stereocenters. The first-order chi connectivity index (χ1) is 10.8. The van der Waals surface area contributed by atoms with Crippen molar-refractivity contribution >= 4 is 0 Å². The Morgan fingerprint density at radius 2 is 1.64 bits per heavy atom. The third-order valence-corrected chi connectivity index (χ3v) is 5.30. The van der Waals surface area contributed by atoms with Gasteiger partial charge in [0.25, 0.3) is 0 Å². The maximum Gasteiger partial charge on any atom is 0.0669 e. The number of hydrogen-bond acceptors (Lipinski definition) is 1. The number of benzene rings is 1. The molecule has 120 valence electrons. The molecule has 0 aromatic heterocycles. The first kappa shape index (κ1) is 17.1. The van der Waals surface area contributed by atoms with Gasteiger partial charge in [0, 0.05) is 0 Å². The average molecular weight is 297 g/mol. The summed E-state index contributed by atoms with van der Waals surface area (Å²) in [7, 11) is 0. The molecule has 0 spiro atoms. The zero-order chi connectivity index (χ0) is 15.6. The summed E-state index contributed by atoms with van der Waals surface area (Å²) < 4.78 is 0. The van der Waals surface area contributed by atoms with Crippen LogP contribution in [-0.4, -0.2) is 0 Å². The molecule has 1 saturated carbocycles. The predicted molar refractivity (Wildman–Crippen MR) is 93.8 cm³/mol. The molecule has 0 amide bonds. The molecule has 0 heterocycles. The molecule has 1 aromatic rings. The monoisotopic (exact) mass is 297 g/mol. The van der Waals surface area contributed by atoms with Crippen molar-refractivity contribution < 1.29 is 0 Å². The van der Waals surface area contributed by atoms with E-state index in [9.17, 15) is 0 Å². The Labute approximate surface area is 136 Å². The van der Waals surface area contributed by atoms with Crippen molar-refractivity contribution in [2.24, 2.45) is 5.92 Å². The molecule has 22 heavy (non-hydrogen) atoms. The highest BCUT2D eigenvalue weighted by Crippen LogP contribution is 2.37. The highest BCUT2D eigenvalue weighted by molar-refractivity contribution is 5.27. The van der Waals surface area contributed by atoms with Gasteiger partial charge in [0.05, 0.1) is 12.5 Å². The van der Waals surface area contributed by atoms with Crippen LogP contribution >= 0.6 is 0 Å². The van der Waals surface area contributed by atoms with Gasteiger partial charge in [-0.2, -0.15) is 5.26 Å².